The molecule has 20 heavy (non-hydrogen) atoms. The van der Waals surface area contributed by atoms with Crippen molar-refractivity contribution in [2.45, 2.75) is 19.4 Å². The Labute approximate surface area is 121 Å². The Balaban J connectivity index is 1.93. The molecule has 1 aromatic carbocycles. The van der Waals surface area contributed by atoms with Crippen LogP contribution in [0.3, 0.4) is 0 Å². The maximum atomic E-state index is 11.9. The van der Waals surface area contributed by atoms with Gasteiger partial charge in [-0.25, -0.2) is 0 Å². The minimum Gasteiger partial charge on any atom is -0.326 e. The number of hydrogen-bond acceptors (Lipinski definition) is 4. The Kier molecular flexibility index (Phi) is 3.48. The van der Waals surface area contributed by atoms with Crippen LogP contribution >= 0.6 is 11.8 Å². The van der Waals surface area contributed by atoms with Gasteiger partial charge in [0.2, 0.25) is 11.9 Å². The van der Waals surface area contributed by atoms with Crippen LogP contribution in [-0.4, -0.2) is 39.3 Å². The van der Waals surface area contributed by atoms with Gasteiger partial charge in [-0.15, -0.1) is 11.8 Å². The van der Waals surface area contributed by atoms with E-state index < -0.39 is 0 Å². The number of carbonyl (C=O) groups is 2. The first-order valence-electron chi connectivity index (χ1n) is 6.48. The van der Waals surface area contributed by atoms with Crippen molar-refractivity contribution in [3.8, 4) is 0 Å². The highest BCUT2D eigenvalue weighted by Crippen LogP contribution is 2.29. The predicted octanol–water partition coefficient (Wildman–Crippen LogP) is 1.83. The van der Waals surface area contributed by atoms with Gasteiger partial charge in [-0.1, -0.05) is 30.3 Å². The number of amides is 2. The molecule has 0 bridgehead atoms. The lowest BCUT2D eigenvalue weighted by Gasteiger charge is -2.41. The van der Waals surface area contributed by atoms with Crippen molar-refractivity contribution < 1.29 is 9.59 Å². The summed E-state index contributed by atoms with van der Waals surface area (Å²) in [7, 11) is 0. The molecule has 0 aliphatic carbocycles. The molecular weight excluding hydrogens is 274 g/mol. The molecule has 2 aliphatic rings. The summed E-state index contributed by atoms with van der Waals surface area (Å²) >= 11 is 1.66. The molecule has 0 aromatic heterocycles. The van der Waals surface area contributed by atoms with Gasteiger partial charge in [-0.3, -0.25) is 14.5 Å². The van der Waals surface area contributed by atoms with E-state index in [1.807, 2.05) is 35.2 Å². The second-order valence-electron chi connectivity index (χ2n) is 4.82. The molecule has 0 N–H and O–H groups in total. The Morgan fingerprint density at radius 3 is 2.70 bits per heavy atom. The van der Waals surface area contributed by atoms with Crippen molar-refractivity contribution in [3.63, 3.8) is 0 Å². The van der Waals surface area contributed by atoms with Crippen molar-refractivity contribution in [1.29, 1.82) is 0 Å². The SMILES string of the molecule is CC(c1ccccc1)N1CSCN2C(=O)CC(=O)N=C21. The van der Waals surface area contributed by atoms with Crippen LogP contribution in [0, 0.1) is 0 Å². The van der Waals surface area contributed by atoms with Gasteiger partial charge in [-0.2, -0.15) is 4.99 Å². The van der Waals surface area contributed by atoms with Crippen LogP contribution in [0.25, 0.3) is 0 Å². The molecule has 1 fully saturated rings. The Morgan fingerprint density at radius 1 is 1.20 bits per heavy atom. The third-order valence-electron chi connectivity index (χ3n) is 3.53. The van der Waals surface area contributed by atoms with E-state index in [2.05, 4.69) is 11.9 Å². The first kappa shape index (κ1) is 13.2. The lowest BCUT2D eigenvalue weighted by Crippen LogP contribution is -2.54. The largest absolute Gasteiger partial charge is 0.326 e. The number of carbonyl (C=O) groups excluding carboxylic acids is 2. The number of hydrogen-bond donors (Lipinski definition) is 0. The molecule has 104 valence electrons. The van der Waals surface area contributed by atoms with E-state index in [0.717, 1.165) is 11.4 Å². The van der Waals surface area contributed by atoms with Crippen molar-refractivity contribution in [1.82, 2.24) is 9.80 Å². The van der Waals surface area contributed by atoms with E-state index >= 15 is 0 Å². The van der Waals surface area contributed by atoms with Crippen LogP contribution < -0.4 is 0 Å². The molecule has 1 saturated heterocycles. The summed E-state index contributed by atoms with van der Waals surface area (Å²) in [6.07, 6.45) is -0.113. The van der Waals surface area contributed by atoms with Crippen molar-refractivity contribution in [2.75, 3.05) is 11.8 Å². The zero-order chi connectivity index (χ0) is 14.1. The van der Waals surface area contributed by atoms with Gasteiger partial charge in [0, 0.05) is 0 Å². The maximum absolute atomic E-state index is 11.9. The molecule has 2 heterocycles. The van der Waals surface area contributed by atoms with E-state index in [4.69, 9.17) is 0 Å². The Bertz CT molecular complexity index is 573. The van der Waals surface area contributed by atoms with E-state index in [0.29, 0.717) is 11.8 Å². The first-order valence-corrected chi connectivity index (χ1v) is 7.63. The van der Waals surface area contributed by atoms with Crippen molar-refractivity contribution in [3.05, 3.63) is 35.9 Å². The van der Waals surface area contributed by atoms with Gasteiger partial charge in [0.05, 0.1) is 17.8 Å². The monoisotopic (exact) mass is 289 g/mol. The fraction of sp³-hybridized carbons (Fsp3) is 0.357. The summed E-state index contributed by atoms with van der Waals surface area (Å²) in [5, 5.41) is 0. The lowest BCUT2D eigenvalue weighted by atomic mass is 10.1. The summed E-state index contributed by atoms with van der Waals surface area (Å²) in [6.45, 7) is 2.06. The number of guanidine groups is 1. The molecule has 0 spiro atoms. The highest BCUT2D eigenvalue weighted by atomic mass is 32.2. The van der Waals surface area contributed by atoms with E-state index in [1.54, 1.807) is 16.7 Å². The molecule has 6 heteroatoms. The molecule has 2 aliphatic heterocycles. The van der Waals surface area contributed by atoms with E-state index in [9.17, 15) is 9.59 Å². The molecule has 1 atom stereocenters. The predicted molar refractivity (Wildman–Crippen MR) is 77.9 cm³/mol. The van der Waals surface area contributed by atoms with Gasteiger partial charge < -0.3 is 4.90 Å². The number of fused-ring (bicyclic) bond motifs is 1. The Morgan fingerprint density at radius 2 is 1.95 bits per heavy atom. The van der Waals surface area contributed by atoms with Gasteiger partial charge >= 0.3 is 0 Å². The number of aliphatic imine (C=N–C) groups is 1. The van der Waals surface area contributed by atoms with Crippen LogP contribution in [0.1, 0.15) is 24.9 Å². The number of nitrogens with zero attached hydrogens (tertiary/aromatic N) is 3. The van der Waals surface area contributed by atoms with Crippen molar-refractivity contribution >= 4 is 29.5 Å². The summed E-state index contributed by atoms with van der Waals surface area (Å²) in [5.41, 5.74) is 1.14. The fourth-order valence-corrected chi connectivity index (χ4v) is 3.44. The molecule has 1 aromatic rings. The third kappa shape index (κ3) is 2.31. The number of rotatable bonds is 2. The van der Waals surface area contributed by atoms with E-state index in [-0.39, 0.29) is 24.3 Å². The standard InChI is InChI=1S/C14H15N3O2S/c1-10(11-5-3-2-4-6-11)16-8-20-9-17-13(19)7-12(18)15-14(16)17/h2-6,10H,7-9H2,1H3. The smallest absolute Gasteiger partial charge is 0.258 e. The van der Waals surface area contributed by atoms with Gasteiger partial charge in [0.25, 0.3) is 5.91 Å². The second kappa shape index (κ2) is 5.28. The lowest BCUT2D eigenvalue weighted by molar-refractivity contribution is -0.133. The van der Waals surface area contributed by atoms with Gasteiger partial charge in [0.1, 0.15) is 6.42 Å². The second-order valence-corrected chi connectivity index (χ2v) is 5.75. The van der Waals surface area contributed by atoms with Crippen LogP contribution in [0.2, 0.25) is 0 Å². The van der Waals surface area contributed by atoms with E-state index in [1.165, 1.54) is 0 Å². The van der Waals surface area contributed by atoms with Gasteiger partial charge in [-0.05, 0) is 12.5 Å². The summed E-state index contributed by atoms with van der Waals surface area (Å²) in [4.78, 5) is 31.2. The minimum absolute atomic E-state index is 0.0731. The highest BCUT2D eigenvalue weighted by molar-refractivity contribution is 7.99. The van der Waals surface area contributed by atoms with Crippen LogP contribution in [0.4, 0.5) is 0 Å². The summed E-state index contributed by atoms with van der Waals surface area (Å²) in [6, 6.07) is 10.1. The molecule has 0 radical (unpaired) electrons. The molecule has 0 saturated carbocycles. The quantitative estimate of drug-likeness (QED) is 0.779. The molecule has 3 rings (SSSR count). The average molecular weight is 289 g/mol. The number of benzene rings is 1. The Hall–Kier alpha value is -1.82. The zero-order valence-electron chi connectivity index (χ0n) is 11.2. The third-order valence-corrected chi connectivity index (χ3v) is 4.43. The maximum Gasteiger partial charge on any atom is 0.258 e. The summed E-state index contributed by atoms with van der Waals surface area (Å²) < 4.78 is 0. The average Bonchev–Trinajstić information content (AvgIpc) is 2.47. The minimum atomic E-state index is -0.349. The van der Waals surface area contributed by atoms with Crippen LogP contribution in [0.5, 0.6) is 0 Å². The molecule has 1 unspecified atom stereocenters. The first-order chi connectivity index (χ1) is 9.66. The molecule has 2 amide bonds. The number of thioether (sulfide) groups is 1. The summed E-state index contributed by atoms with van der Waals surface area (Å²) in [5.74, 6) is 1.30. The van der Waals surface area contributed by atoms with Crippen LogP contribution in [-0.2, 0) is 9.59 Å². The van der Waals surface area contributed by atoms with Crippen molar-refractivity contribution in [2.24, 2.45) is 4.99 Å². The highest BCUT2D eigenvalue weighted by Gasteiger charge is 2.36. The van der Waals surface area contributed by atoms with Gasteiger partial charge in [0.15, 0.2) is 0 Å². The topological polar surface area (TPSA) is 53.0 Å². The molecular formula is C14H15N3O2S. The molecule has 5 nitrogen and oxygen atoms in total. The van der Waals surface area contributed by atoms with Crippen LogP contribution in [0.15, 0.2) is 35.3 Å². The fourth-order valence-electron chi connectivity index (χ4n) is 2.38. The zero-order valence-corrected chi connectivity index (χ0v) is 12.0. The normalized spacial score (nSPS) is 20.6.